The van der Waals surface area contributed by atoms with Gasteiger partial charge in [-0.25, -0.2) is 4.98 Å². The van der Waals surface area contributed by atoms with Crippen molar-refractivity contribution in [2.24, 2.45) is 11.1 Å². The van der Waals surface area contributed by atoms with E-state index in [9.17, 15) is 4.79 Å². The van der Waals surface area contributed by atoms with Crippen molar-refractivity contribution in [1.82, 2.24) is 4.98 Å². The highest BCUT2D eigenvalue weighted by Gasteiger charge is 2.47. The largest absolute Gasteiger partial charge is 0.392 e. The Labute approximate surface area is 115 Å². The van der Waals surface area contributed by atoms with Crippen LogP contribution >= 0.6 is 23.6 Å². The molecule has 6 heteroatoms. The van der Waals surface area contributed by atoms with Crippen molar-refractivity contribution >= 4 is 39.6 Å². The molecule has 3 rings (SSSR count). The Hall–Kier alpha value is -1.01. The van der Waals surface area contributed by atoms with Gasteiger partial charge in [0.05, 0.1) is 16.1 Å². The van der Waals surface area contributed by atoms with Gasteiger partial charge in [0, 0.05) is 11.3 Å². The molecule has 1 amide bonds. The first-order chi connectivity index (χ1) is 8.62. The highest BCUT2D eigenvalue weighted by Crippen LogP contribution is 2.43. The molecule has 0 spiro atoms. The number of aromatic nitrogens is 1. The van der Waals surface area contributed by atoms with Crippen LogP contribution in [0, 0.1) is 5.41 Å². The molecule has 2 saturated carbocycles. The zero-order valence-electron chi connectivity index (χ0n) is 9.94. The number of anilines is 1. The summed E-state index contributed by atoms with van der Waals surface area (Å²) in [6.07, 6.45) is 4.96. The Bertz CT molecular complexity index is 503. The molecule has 0 atom stereocenters. The number of carbonyl (C=O) groups excluding carboxylic acids is 1. The maximum absolute atomic E-state index is 12.2. The molecule has 18 heavy (non-hydrogen) atoms. The molecule has 1 aromatic rings. The summed E-state index contributed by atoms with van der Waals surface area (Å²) in [6, 6.07) is 0. The summed E-state index contributed by atoms with van der Waals surface area (Å²) in [5.74, 6) is 0.526. The number of thiazole rings is 1. The van der Waals surface area contributed by atoms with E-state index in [1.54, 1.807) is 0 Å². The van der Waals surface area contributed by atoms with E-state index in [2.05, 4.69) is 10.3 Å². The average Bonchev–Trinajstić information content (AvgIpc) is 2.98. The first-order valence-electron chi connectivity index (χ1n) is 6.18. The van der Waals surface area contributed by atoms with Gasteiger partial charge < -0.3 is 11.1 Å². The van der Waals surface area contributed by atoms with Crippen LogP contribution in [0.3, 0.4) is 0 Å². The van der Waals surface area contributed by atoms with Gasteiger partial charge in [-0.05, 0) is 25.7 Å². The number of nitrogens with two attached hydrogens (primary N) is 1. The number of carbonyl (C=O) groups is 1. The fraction of sp³-hybridized carbons (Fsp3) is 0.583. The van der Waals surface area contributed by atoms with Crippen molar-refractivity contribution in [3.63, 3.8) is 0 Å². The first kappa shape index (κ1) is 12.0. The van der Waals surface area contributed by atoms with Gasteiger partial charge in [0.2, 0.25) is 5.91 Å². The molecule has 0 unspecified atom stereocenters. The number of hydrogen-bond donors (Lipinski definition) is 2. The Balaban J connectivity index is 1.71. The molecular formula is C12H15N3OS2. The van der Waals surface area contributed by atoms with Gasteiger partial charge in [0.25, 0.3) is 0 Å². The van der Waals surface area contributed by atoms with Crippen molar-refractivity contribution in [3.05, 3.63) is 11.1 Å². The lowest BCUT2D eigenvalue weighted by Crippen LogP contribution is -2.50. The SMILES string of the molecule is NC(=S)C1(C(=O)Nc2nc(C3CC3)cs2)CCC1. The van der Waals surface area contributed by atoms with E-state index >= 15 is 0 Å². The quantitative estimate of drug-likeness (QED) is 0.832. The summed E-state index contributed by atoms with van der Waals surface area (Å²) < 4.78 is 0. The lowest BCUT2D eigenvalue weighted by molar-refractivity contribution is -0.125. The van der Waals surface area contributed by atoms with Crippen molar-refractivity contribution in [2.75, 3.05) is 5.32 Å². The third kappa shape index (κ3) is 1.93. The molecule has 3 N–H and O–H groups in total. The molecule has 2 aliphatic rings. The number of hydrogen-bond acceptors (Lipinski definition) is 4. The van der Waals surface area contributed by atoms with Crippen molar-refractivity contribution in [3.8, 4) is 0 Å². The van der Waals surface area contributed by atoms with Gasteiger partial charge in [-0.1, -0.05) is 18.6 Å². The molecule has 1 aromatic heterocycles. The van der Waals surface area contributed by atoms with E-state index in [1.807, 2.05) is 5.38 Å². The summed E-state index contributed by atoms with van der Waals surface area (Å²) in [6.45, 7) is 0. The topological polar surface area (TPSA) is 68.0 Å². The van der Waals surface area contributed by atoms with E-state index in [1.165, 1.54) is 24.2 Å². The van der Waals surface area contributed by atoms with E-state index in [0.29, 0.717) is 16.0 Å². The van der Waals surface area contributed by atoms with E-state index in [0.717, 1.165) is 25.0 Å². The molecule has 1 heterocycles. The van der Waals surface area contributed by atoms with Crippen LogP contribution in [0.4, 0.5) is 5.13 Å². The lowest BCUT2D eigenvalue weighted by atomic mass is 9.68. The van der Waals surface area contributed by atoms with Crippen molar-refractivity contribution < 1.29 is 4.79 Å². The van der Waals surface area contributed by atoms with E-state index < -0.39 is 5.41 Å². The average molecular weight is 281 g/mol. The van der Waals surface area contributed by atoms with Gasteiger partial charge in [-0.15, -0.1) is 11.3 Å². The summed E-state index contributed by atoms with van der Waals surface area (Å²) in [5, 5.41) is 5.57. The molecule has 2 fully saturated rings. The molecule has 0 aromatic carbocycles. The zero-order valence-corrected chi connectivity index (χ0v) is 11.6. The molecule has 0 bridgehead atoms. The summed E-state index contributed by atoms with van der Waals surface area (Å²) in [4.78, 5) is 17.0. The van der Waals surface area contributed by atoms with Crippen LogP contribution in [0.5, 0.6) is 0 Å². The third-order valence-corrected chi connectivity index (χ3v) is 5.02. The predicted molar refractivity (Wildman–Crippen MR) is 75.8 cm³/mol. The van der Waals surface area contributed by atoms with Crippen LogP contribution < -0.4 is 11.1 Å². The van der Waals surface area contributed by atoms with Crippen molar-refractivity contribution in [2.45, 2.75) is 38.0 Å². The Morgan fingerprint density at radius 3 is 2.78 bits per heavy atom. The highest BCUT2D eigenvalue weighted by atomic mass is 32.1. The number of nitrogens with zero attached hydrogens (tertiary/aromatic N) is 1. The van der Waals surface area contributed by atoms with Gasteiger partial charge in [0.1, 0.15) is 0 Å². The minimum atomic E-state index is -0.624. The van der Waals surface area contributed by atoms with E-state index in [4.69, 9.17) is 18.0 Å². The van der Waals surface area contributed by atoms with Gasteiger partial charge in [0.15, 0.2) is 5.13 Å². The highest BCUT2D eigenvalue weighted by molar-refractivity contribution is 7.80. The maximum Gasteiger partial charge on any atom is 0.239 e. The minimum absolute atomic E-state index is 0.0852. The smallest absolute Gasteiger partial charge is 0.239 e. The zero-order chi connectivity index (χ0) is 12.8. The Morgan fingerprint density at radius 2 is 2.28 bits per heavy atom. The van der Waals surface area contributed by atoms with Crippen LogP contribution in [-0.4, -0.2) is 15.9 Å². The van der Waals surface area contributed by atoms with Gasteiger partial charge in [-0.3, -0.25) is 4.79 Å². The standard InChI is InChI=1S/C12H15N3OS2/c13-9(17)12(4-1-5-12)10(16)15-11-14-8(6-18-11)7-2-3-7/h6-7H,1-5H2,(H2,13,17)(H,14,15,16). The second kappa shape index (κ2) is 4.28. The first-order valence-corrected chi connectivity index (χ1v) is 7.47. The maximum atomic E-state index is 12.2. The van der Waals surface area contributed by atoms with Crippen LogP contribution in [-0.2, 0) is 4.79 Å². The monoisotopic (exact) mass is 281 g/mol. The summed E-state index contributed by atoms with van der Waals surface area (Å²) >= 11 is 6.51. The van der Waals surface area contributed by atoms with Crippen LogP contribution in [0.1, 0.15) is 43.7 Å². The number of rotatable bonds is 4. The molecule has 4 nitrogen and oxygen atoms in total. The molecular weight excluding hydrogens is 266 g/mol. The van der Waals surface area contributed by atoms with Crippen LogP contribution in [0.25, 0.3) is 0 Å². The summed E-state index contributed by atoms with van der Waals surface area (Å²) in [7, 11) is 0. The van der Waals surface area contributed by atoms with Gasteiger partial charge >= 0.3 is 0 Å². The van der Waals surface area contributed by atoms with Crippen LogP contribution in [0.2, 0.25) is 0 Å². The molecule has 0 aliphatic heterocycles. The number of amides is 1. The Kier molecular flexibility index (Phi) is 2.86. The fourth-order valence-electron chi connectivity index (χ4n) is 2.24. The number of thiocarbonyl (C=S) groups is 1. The third-order valence-electron chi connectivity index (χ3n) is 3.85. The molecule has 96 valence electrons. The Morgan fingerprint density at radius 1 is 1.56 bits per heavy atom. The van der Waals surface area contributed by atoms with E-state index in [-0.39, 0.29) is 5.91 Å². The van der Waals surface area contributed by atoms with Crippen molar-refractivity contribution in [1.29, 1.82) is 0 Å². The fourth-order valence-corrected chi connectivity index (χ4v) is 3.33. The minimum Gasteiger partial charge on any atom is -0.392 e. The number of nitrogens with one attached hydrogen (secondary N) is 1. The summed E-state index contributed by atoms with van der Waals surface area (Å²) in [5.41, 5.74) is 6.18. The normalized spacial score (nSPS) is 21.1. The lowest BCUT2D eigenvalue weighted by Gasteiger charge is -2.38. The molecule has 0 saturated heterocycles. The molecule has 2 aliphatic carbocycles. The van der Waals surface area contributed by atoms with Crippen LogP contribution in [0.15, 0.2) is 5.38 Å². The second-order valence-corrected chi connectivity index (χ2v) is 6.40. The predicted octanol–water partition coefficient (Wildman–Crippen LogP) is 2.42. The molecule has 0 radical (unpaired) electrons. The van der Waals surface area contributed by atoms with Gasteiger partial charge in [-0.2, -0.15) is 0 Å². The second-order valence-electron chi connectivity index (χ2n) is 5.11.